The van der Waals surface area contributed by atoms with E-state index in [-0.39, 0.29) is 0 Å². The SMILES string of the molecule is Nc1cccc(SCc2nc(-c3ccccn3)no2)c1. The van der Waals surface area contributed by atoms with Gasteiger partial charge >= 0.3 is 0 Å². The maximum absolute atomic E-state index is 5.73. The van der Waals surface area contributed by atoms with Crippen molar-refractivity contribution in [3.63, 3.8) is 0 Å². The monoisotopic (exact) mass is 284 g/mol. The number of nitrogens with zero attached hydrogens (tertiary/aromatic N) is 3. The Morgan fingerprint density at radius 1 is 1.15 bits per heavy atom. The van der Waals surface area contributed by atoms with Crippen molar-refractivity contribution in [3.05, 3.63) is 54.6 Å². The number of aromatic nitrogens is 3. The molecule has 20 heavy (non-hydrogen) atoms. The molecule has 2 aromatic heterocycles. The van der Waals surface area contributed by atoms with Gasteiger partial charge in [-0.05, 0) is 30.3 Å². The molecule has 0 aliphatic heterocycles. The highest BCUT2D eigenvalue weighted by molar-refractivity contribution is 7.98. The van der Waals surface area contributed by atoms with Crippen molar-refractivity contribution in [1.82, 2.24) is 15.1 Å². The third-order valence-electron chi connectivity index (χ3n) is 2.58. The lowest BCUT2D eigenvalue weighted by atomic mass is 10.3. The van der Waals surface area contributed by atoms with Gasteiger partial charge in [-0.3, -0.25) is 4.98 Å². The van der Waals surface area contributed by atoms with Gasteiger partial charge in [0, 0.05) is 16.8 Å². The van der Waals surface area contributed by atoms with Crippen LogP contribution in [0, 0.1) is 0 Å². The summed E-state index contributed by atoms with van der Waals surface area (Å²) >= 11 is 1.60. The number of hydrogen-bond acceptors (Lipinski definition) is 6. The molecule has 3 rings (SSSR count). The van der Waals surface area contributed by atoms with E-state index >= 15 is 0 Å². The zero-order valence-corrected chi connectivity index (χ0v) is 11.4. The molecule has 0 fully saturated rings. The van der Waals surface area contributed by atoms with Crippen molar-refractivity contribution in [2.45, 2.75) is 10.6 Å². The second kappa shape index (κ2) is 5.75. The molecule has 0 bridgehead atoms. The lowest BCUT2D eigenvalue weighted by Crippen LogP contribution is -1.86. The molecule has 0 unspecified atom stereocenters. The van der Waals surface area contributed by atoms with Crippen LogP contribution in [0.3, 0.4) is 0 Å². The van der Waals surface area contributed by atoms with E-state index in [1.807, 2.05) is 42.5 Å². The summed E-state index contributed by atoms with van der Waals surface area (Å²) in [6, 6.07) is 13.3. The van der Waals surface area contributed by atoms with E-state index in [0.29, 0.717) is 23.2 Å². The normalized spacial score (nSPS) is 10.6. The molecule has 3 aromatic rings. The van der Waals surface area contributed by atoms with Crippen LogP contribution in [-0.2, 0) is 5.75 Å². The maximum Gasteiger partial charge on any atom is 0.237 e. The van der Waals surface area contributed by atoms with Crippen molar-refractivity contribution < 1.29 is 4.52 Å². The van der Waals surface area contributed by atoms with Crippen LogP contribution in [0.2, 0.25) is 0 Å². The summed E-state index contributed by atoms with van der Waals surface area (Å²) in [6.07, 6.45) is 1.70. The summed E-state index contributed by atoms with van der Waals surface area (Å²) in [6.45, 7) is 0. The summed E-state index contributed by atoms with van der Waals surface area (Å²) in [5.41, 5.74) is 7.18. The van der Waals surface area contributed by atoms with Gasteiger partial charge in [-0.1, -0.05) is 17.3 Å². The van der Waals surface area contributed by atoms with E-state index < -0.39 is 0 Å². The quantitative estimate of drug-likeness (QED) is 0.586. The predicted octanol–water partition coefficient (Wildman–Crippen LogP) is 3.01. The van der Waals surface area contributed by atoms with Gasteiger partial charge in [-0.2, -0.15) is 4.98 Å². The van der Waals surface area contributed by atoms with Crippen molar-refractivity contribution >= 4 is 17.4 Å². The van der Waals surface area contributed by atoms with E-state index in [1.165, 1.54) is 0 Å². The fourth-order valence-corrected chi connectivity index (χ4v) is 2.46. The average molecular weight is 284 g/mol. The molecule has 0 aliphatic carbocycles. The highest BCUT2D eigenvalue weighted by atomic mass is 32.2. The van der Waals surface area contributed by atoms with Crippen LogP contribution in [0.25, 0.3) is 11.5 Å². The lowest BCUT2D eigenvalue weighted by Gasteiger charge is -1.99. The van der Waals surface area contributed by atoms with E-state index in [0.717, 1.165) is 10.6 Å². The molecular formula is C14H12N4OS. The third kappa shape index (κ3) is 2.97. The molecule has 2 N–H and O–H groups in total. The summed E-state index contributed by atoms with van der Waals surface area (Å²) in [7, 11) is 0. The van der Waals surface area contributed by atoms with Gasteiger partial charge in [-0.25, -0.2) is 0 Å². The molecule has 0 aliphatic rings. The molecule has 6 heteroatoms. The molecule has 0 amide bonds. The van der Waals surface area contributed by atoms with Crippen LogP contribution in [0.4, 0.5) is 5.69 Å². The van der Waals surface area contributed by atoms with Crippen molar-refractivity contribution in [2.75, 3.05) is 5.73 Å². The Hall–Kier alpha value is -2.34. The Morgan fingerprint density at radius 3 is 2.90 bits per heavy atom. The Labute approximate surface area is 120 Å². The van der Waals surface area contributed by atoms with E-state index in [9.17, 15) is 0 Å². The standard InChI is InChI=1S/C14H12N4OS/c15-10-4-3-5-11(8-10)20-9-13-17-14(18-19-13)12-6-1-2-7-16-12/h1-8H,9,15H2. The first-order chi connectivity index (χ1) is 9.81. The van der Waals surface area contributed by atoms with Crippen LogP contribution in [0.15, 0.2) is 58.1 Å². The molecule has 2 heterocycles. The zero-order valence-electron chi connectivity index (χ0n) is 10.6. The number of nitrogens with two attached hydrogens (primary N) is 1. The number of thioether (sulfide) groups is 1. The number of anilines is 1. The third-order valence-corrected chi connectivity index (χ3v) is 3.56. The van der Waals surface area contributed by atoms with Gasteiger partial charge < -0.3 is 10.3 Å². The Morgan fingerprint density at radius 2 is 2.10 bits per heavy atom. The number of benzene rings is 1. The molecule has 1 aromatic carbocycles. The first-order valence-corrected chi connectivity index (χ1v) is 7.02. The van der Waals surface area contributed by atoms with E-state index in [1.54, 1.807) is 18.0 Å². The zero-order chi connectivity index (χ0) is 13.8. The number of nitrogen functional groups attached to an aromatic ring is 1. The Kier molecular flexibility index (Phi) is 3.64. The van der Waals surface area contributed by atoms with Crippen LogP contribution in [-0.4, -0.2) is 15.1 Å². The summed E-state index contributed by atoms with van der Waals surface area (Å²) in [5.74, 6) is 1.68. The smallest absolute Gasteiger partial charge is 0.237 e. The fraction of sp³-hybridized carbons (Fsp3) is 0.0714. The minimum atomic E-state index is 0.508. The van der Waals surface area contributed by atoms with Crippen LogP contribution < -0.4 is 5.73 Å². The summed E-state index contributed by atoms with van der Waals surface area (Å²) < 4.78 is 5.22. The maximum atomic E-state index is 5.73. The molecule has 100 valence electrons. The van der Waals surface area contributed by atoms with Gasteiger partial charge in [0.1, 0.15) is 5.69 Å². The minimum Gasteiger partial charge on any atom is -0.399 e. The second-order valence-electron chi connectivity index (χ2n) is 4.09. The number of rotatable bonds is 4. The lowest BCUT2D eigenvalue weighted by molar-refractivity contribution is 0.391. The highest BCUT2D eigenvalue weighted by Gasteiger charge is 2.09. The van der Waals surface area contributed by atoms with Crippen molar-refractivity contribution in [2.24, 2.45) is 0 Å². The van der Waals surface area contributed by atoms with E-state index in [2.05, 4.69) is 15.1 Å². The molecule has 0 spiro atoms. The molecule has 0 saturated carbocycles. The van der Waals surface area contributed by atoms with Crippen LogP contribution >= 0.6 is 11.8 Å². The number of hydrogen-bond donors (Lipinski definition) is 1. The molecule has 0 atom stereocenters. The molecular weight excluding hydrogens is 272 g/mol. The first kappa shape index (κ1) is 12.7. The van der Waals surface area contributed by atoms with Crippen molar-refractivity contribution in [3.8, 4) is 11.5 Å². The minimum absolute atomic E-state index is 0.508. The molecule has 0 radical (unpaired) electrons. The van der Waals surface area contributed by atoms with Gasteiger partial charge in [0.2, 0.25) is 11.7 Å². The molecule has 5 nitrogen and oxygen atoms in total. The number of pyridine rings is 1. The highest BCUT2D eigenvalue weighted by Crippen LogP contribution is 2.24. The predicted molar refractivity (Wildman–Crippen MR) is 77.9 cm³/mol. The summed E-state index contributed by atoms with van der Waals surface area (Å²) in [5, 5.41) is 3.93. The van der Waals surface area contributed by atoms with Crippen molar-refractivity contribution in [1.29, 1.82) is 0 Å². The van der Waals surface area contributed by atoms with Gasteiger partial charge in [0.25, 0.3) is 0 Å². The fourth-order valence-electron chi connectivity index (χ4n) is 1.66. The van der Waals surface area contributed by atoms with Crippen LogP contribution in [0.5, 0.6) is 0 Å². The van der Waals surface area contributed by atoms with Crippen LogP contribution in [0.1, 0.15) is 5.89 Å². The largest absolute Gasteiger partial charge is 0.399 e. The van der Waals surface area contributed by atoms with E-state index in [4.69, 9.17) is 10.3 Å². The second-order valence-corrected chi connectivity index (χ2v) is 5.14. The summed E-state index contributed by atoms with van der Waals surface area (Å²) in [4.78, 5) is 9.58. The Balaban J connectivity index is 1.69. The van der Waals surface area contributed by atoms with Gasteiger partial charge in [0.05, 0.1) is 5.75 Å². The first-order valence-electron chi connectivity index (χ1n) is 6.03. The van der Waals surface area contributed by atoms with Gasteiger partial charge in [-0.15, -0.1) is 11.8 Å². The Bertz CT molecular complexity index is 699. The molecule has 0 saturated heterocycles. The average Bonchev–Trinajstić information content (AvgIpc) is 2.95. The topological polar surface area (TPSA) is 77.8 Å². The van der Waals surface area contributed by atoms with Gasteiger partial charge in [0.15, 0.2) is 0 Å².